The van der Waals surface area contributed by atoms with E-state index in [1.54, 1.807) is 26.4 Å². The van der Waals surface area contributed by atoms with Crippen LogP contribution in [0.5, 0.6) is 0 Å². The Morgan fingerprint density at radius 2 is 1.95 bits per heavy atom. The van der Waals surface area contributed by atoms with E-state index in [0.717, 1.165) is 52.0 Å². The van der Waals surface area contributed by atoms with Crippen molar-refractivity contribution in [2.45, 2.75) is 26.3 Å². The van der Waals surface area contributed by atoms with E-state index in [1.165, 1.54) is 11.0 Å². The van der Waals surface area contributed by atoms with Gasteiger partial charge in [0.25, 0.3) is 5.91 Å². The van der Waals surface area contributed by atoms with Gasteiger partial charge in [-0.1, -0.05) is 6.08 Å². The van der Waals surface area contributed by atoms with Crippen LogP contribution in [0.1, 0.15) is 46.6 Å². The maximum absolute atomic E-state index is 15.2. The molecule has 0 unspecified atom stereocenters. The molecule has 38 heavy (non-hydrogen) atoms. The summed E-state index contributed by atoms with van der Waals surface area (Å²) in [4.78, 5) is 25.1. The van der Waals surface area contributed by atoms with Crippen LogP contribution in [0, 0.1) is 12.7 Å². The van der Waals surface area contributed by atoms with E-state index in [2.05, 4.69) is 38.5 Å². The highest BCUT2D eigenvalue weighted by Gasteiger charge is 2.25. The third-order valence-corrected chi connectivity index (χ3v) is 7.54. The quantitative estimate of drug-likeness (QED) is 0.397. The van der Waals surface area contributed by atoms with Gasteiger partial charge in [0.1, 0.15) is 17.3 Å². The zero-order chi connectivity index (χ0) is 27.1. The molecule has 1 amide bonds. The Morgan fingerprint density at radius 3 is 2.58 bits per heavy atom. The summed E-state index contributed by atoms with van der Waals surface area (Å²) in [6.45, 7) is 5.58. The molecule has 2 N–H and O–H groups in total. The SMILES string of the molecule is Cc1cc(C(=O)N(C)C)cc(F)c1C1=CCN([C@@H](C)c2cc3c(-c4ccc(N)nc4)ccnc3n2C)CC1. The maximum atomic E-state index is 15.2. The zero-order valence-corrected chi connectivity index (χ0v) is 22.5. The average molecular weight is 513 g/mol. The third kappa shape index (κ3) is 4.56. The largest absolute Gasteiger partial charge is 0.384 e. The smallest absolute Gasteiger partial charge is 0.253 e. The lowest BCUT2D eigenvalue weighted by Gasteiger charge is -2.32. The number of nitrogen functional groups attached to an aromatic ring is 1. The molecule has 4 aromatic rings. The Labute approximate surface area is 222 Å². The van der Waals surface area contributed by atoms with Crippen molar-refractivity contribution in [1.82, 2.24) is 24.3 Å². The van der Waals surface area contributed by atoms with E-state index in [-0.39, 0.29) is 17.8 Å². The summed E-state index contributed by atoms with van der Waals surface area (Å²) < 4.78 is 17.3. The van der Waals surface area contributed by atoms with Crippen LogP contribution in [0.25, 0.3) is 27.7 Å². The third-order valence-electron chi connectivity index (χ3n) is 7.54. The number of benzene rings is 1. The van der Waals surface area contributed by atoms with Crippen LogP contribution in [0.3, 0.4) is 0 Å². The van der Waals surface area contributed by atoms with Crippen molar-refractivity contribution in [3.8, 4) is 11.1 Å². The lowest BCUT2D eigenvalue weighted by molar-refractivity contribution is 0.0827. The van der Waals surface area contributed by atoms with Gasteiger partial charge in [-0.25, -0.2) is 14.4 Å². The van der Waals surface area contributed by atoms with Crippen LogP contribution < -0.4 is 5.73 Å². The number of pyridine rings is 2. The summed E-state index contributed by atoms with van der Waals surface area (Å²) in [5, 5.41) is 1.07. The summed E-state index contributed by atoms with van der Waals surface area (Å²) in [6.07, 6.45) is 6.47. The van der Waals surface area contributed by atoms with Gasteiger partial charge < -0.3 is 15.2 Å². The molecule has 0 radical (unpaired) electrons. The molecule has 1 aromatic carbocycles. The molecule has 0 aliphatic carbocycles. The second kappa shape index (κ2) is 10.0. The number of aromatic nitrogens is 3. The molecule has 0 fully saturated rings. The predicted octanol–water partition coefficient (Wildman–Crippen LogP) is 5.22. The molecule has 1 aliphatic rings. The van der Waals surface area contributed by atoms with E-state index < -0.39 is 0 Å². The minimum Gasteiger partial charge on any atom is -0.384 e. The molecular weight excluding hydrogens is 479 g/mol. The van der Waals surface area contributed by atoms with E-state index in [1.807, 2.05) is 38.4 Å². The van der Waals surface area contributed by atoms with Crippen LogP contribution in [-0.2, 0) is 7.05 Å². The average Bonchev–Trinajstić information content (AvgIpc) is 3.24. The number of amides is 1. The fraction of sp³-hybridized carbons (Fsp3) is 0.300. The first kappa shape index (κ1) is 25.6. The highest BCUT2D eigenvalue weighted by Crippen LogP contribution is 2.35. The summed E-state index contributed by atoms with van der Waals surface area (Å²) in [5.74, 6) is -0.0455. The van der Waals surface area contributed by atoms with Crippen molar-refractivity contribution < 1.29 is 9.18 Å². The van der Waals surface area contributed by atoms with E-state index >= 15 is 4.39 Å². The topological polar surface area (TPSA) is 80.3 Å². The second-order valence-corrected chi connectivity index (χ2v) is 10.2. The first-order valence-electron chi connectivity index (χ1n) is 12.8. The molecule has 196 valence electrons. The number of hydrogen-bond acceptors (Lipinski definition) is 5. The van der Waals surface area contributed by atoms with E-state index in [4.69, 9.17) is 5.73 Å². The van der Waals surface area contributed by atoms with E-state index in [9.17, 15) is 4.79 Å². The Kier molecular flexibility index (Phi) is 6.75. The Morgan fingerprint density at radius 1 is 1.16 bits per heavy atom. The molecule has 8 heteroatoms. The number of hydrogen-bond donors (Lipinski definition) is 1. The van der Waals surface area contributed by atoms with Gasteiger partial charge in [0, 0.05) is 80.4 Å². The monoisotopic (exact) mass is 512 g/mol. The zero-order valence-electron chi connectivity index (χ0n) is 22.5. The predicted molar refractivity (Wildman–Crippen MR) is 150 cm³/mol. The molecule has 1 atom stereocenters. The molecule has 5 rings (SSSR count). The van der Waals surface area contributed by atoms with Gasteiger partial charge in [-0.3, -0.25) is 9.69 Å². The van der Waals surface area contributed by atoms with Crippen molar-refractivity contribution >= 4 is 28.3 Å². The van der Waals surface area contributed by atoms with E-state index in [0.29, 0.717) is 23.5 Å². The van der Waals surface area contributed by atoms with Crippen molar-refractivity contribution in [2.75, 3.05) is 32.9 Å². The van der Waals surface area contributed by atoms with Gasteiger partial charge >= 0.3 is 0 Å². The molecular formula is C30H33FN6O. The molecule has 7 nitrogen and oxygen atoms in total. The first-order valence-corrected chi connectivity index (χ1v) is 12.8. The standard InChI is InChI=1S/C30H33FN6O/c1-18-14-22(30(38)35(3)4)15-25(31)28(18)20-9-12-37(13-10-20)19(2)26-16-24-23(8-11-33-29(24)36(26)5)21-6-7-27(32)34-17-21/h6-9,11,14-17,19H,10,12-13H2,1-5H3,(H2,32,34)/t19-/m0/s1. The number of halogens is 1. The first-order chi connectivity index (χ1) is 18.2. The van der Waals surface area contributed by atoms with Crippen molar-refractivity contribution in [3.05, 3.63) is 83.1 Å². The number of rotatable bonds is 5. The van der Waals surface area contributed by atoms with Gasteiger partial charge in [-0.15, -0.1) is 0 Å². The van der Waals surface area contributed by atoms with Gasteiger partial charge in [-0.2, -0.15) is 0 Å². The van der Waals surface area contributed by atoms with Crippen LogP contribution in [0.2, 0.25) is 0 Å². The summed E-state index contributed by atoms with van der Waals surface area (Å²) in [6, 6.07) is 11.3. The Balaban J connectivity index is 1.41. The van der Waals surface area contributed by atoms with Crippen LogP contribution in [0.4, 0.5) is 10.2 Å². The minimum atomic E-state index is -0.340. The summed E-state index contributed by atoms with van der Waals surface area (Å²) in [5.41, 5.74) is 12.7. The van der Waals surface area contributed by atoms with Crippen molar-refractivity contribution in [1.29, 1.82) is 0 Å². The molecule has 0 saturated carbocycles. The number of carbonyl (C=O) groups excluding carboxylic acids is 1. The summed E-state index contributed by atoms with van der Waals surface area (Å²) in [7, 11) is 5.39. The fourth-order valence-electron chi connectivity index (χ4n) is 5.44. The molecule has 3 aromatic heterocycles. The van der Waals surface area contributed by atoms with Gasteiger partial charge in [0.05, 0.1) is 0 Å². The highest BCUT2D eigenvalue weighted by molar-refractivity contribution is 5.95. The maximum Gasteiger partial charge on any atom is 0.253 e. The van der Waals surface area contributed by atoms with Gasteiger partial charge in [0.15, 0.2) is 0 Å². The lowest BCUT2D eigenvalue weighted by Crippen LogP contribution is -2.32. The number of nitrogens with two attached hydrogens (primary N) is 1. The minimum absolute atomic E-state index is 0.135. The Bertz CT molecular complexity index is 1530. The van der Waals surface area contributed by atoms with Gasteiger partial charge in [-0.05, 0) is 73.4 Å². The number of fused-ring (bicyclic) bond motifs is 1. The molecule has 4 heterocycles. The van der Waals surface area contributed by atoms with Crippen molar-refractivity contribution in [2.24, 2.45) is 7.05 Å². The van der Waals surface area contributed by atoms with Gasteiger partial charge in [0.2, 0.25) is 0 Å². The summed E-state index contributed by atoms with van der Waals surface area (Å²) >= 11 is 0. The lowest BCUT2D eigenvalue weighted by atomic mass is 9.92. The highest BCUT2D eigenvalue weighted by atomic mass is 19.1. The molecule has 0 bridgehead atoms. The van der Waals surface area contributed by atoms with Crippen LogP contribution in [-0.4, -0.2) is 57.4 Å². The molecule has 0 spiro atoms. The normalized spacial score (nSPS) is 14.9. The fourth-order valence-corrected chi connectivity index (χ4v) is 5.44. The number of anilines is 1. The second-order valence-electron chi connectivity index (χ2n) is 10.2. The van der Waals surface area contributed by atoms with Crippen LogP contribution in [0.15, 0.2) is 54.9 Å². The number of nitrogens with zero attached hydrogens (tertiary/aromatic N) is 5. The molecule has 0 saturated heterocycles. The molecule has 1 aliphatic heterocycles. The Hall–Kier alpha value is -4.04. The number of aryl methyl sites for hydroxylation is 2. The van der Waals surface area contributed by atoms with Crippen molar-refractivity contribution in [3.63, 3.8) is 0 Å². The van der Waals surface area contributed by atoms with Crippen LogP contribution >= 0.6 is 0 Å². The number of carbonyl (C=O) groups is 1.